The van der Waals surface area contributed by atoms with Gasteiger partial charge in [0.25, 0.3) is 11.8 Å². The lowest BCUT2D eigenvalue weighted by Gasteiger charge is -2.26. The number of barbiturate groups is 1. The number of ether oxygens (including phenoxy) is 3. The van der Waals surface area contributed by atoms with Gasteiger partial charge in [-0.1, -0.05) is 11.6 Å². The van der Waals surface area contributed by atoms with Crippen LogP contribution in [0.15, 0.2) is 35.9 Å². The normalized spacial score (nSPS) is 15.3. The van der Waals surface area contributed by atoms with Gasteiger partial charge in [-0.15, -0.1) is 0 Å². The second-order valence-electron chi connectivity index (χ2n) is 6.05. The lowest BCUT2D eigenvalue weighted by atomic mass is 10.1. The summed E-state index contributed by atoms with van der Waals surface area (Å²) in [5.74, 6) is -1.42. The Morgan fingerprint density at radius 3 is 2.10 bits per heavy atom. The molecule has 1 aliphatic rings. The van der Waals surface area contributed by atoms with Crippen molar-refractivity contribution >= 4 is 41.2 Å². The molecule has 1 fully saturated rings. The van der Waals surface area contributed by atoms with Crippen LogP contribution in [0, 0.1) is 0 Å². The van der Waals surface area contributed by atoms with E-state index in [0.29, 0.717) is 11.3 Å². The molecule has 2 N–H and O–H groups in total. The van der Waals surface area contributed by atoms with Gasteiger partial charge >= 0.3 is 6.03 Å². The molecule has 0 aromatic heterocycles. The quantitative estimate of drug-likeness (QED) is 0.551. The number of nitrogens with zero attached hydrogens (tertiary/aromatic N) is 1. The Morgan fingerprint density at radius 1 is 0.967 bits per heavy atom. The number of carbonyl (C=O) groups is 3. The van der Waals surface area contributed by atoms with Crippen LogP contribution in [0.2, 0.25) is 5.02 Å². The number of methoxy groups -OCH3 is 3. The van der Waals surface area contributed by atoms with E-state index in [1.165, 1.54) is 57.7 Å². The zero-order valence-electron chi connectivity index (χ0n) is 16.2. The summed E-state index contributed by atoms with van der Waals surface area (Å²) in [6.45, 7) is 0. The Labute approximate surface area is 176 Å². The van der Waals surface area contributed by atoms with Gasteiger partial charge in [-0.3, -0.25) is 14.9 Å². The van der Waals surface area contributed by atoms with E-state index < -0.39 is 17.8 Å². The highest BCUT2D eigenvalue weighted by molar-refractivity contribution is 6.39. The van der Waals surface area contributed by atoms with E-state index >= 15 is 0 Å². The number of imide groups is 2. The maximum absolute atomic E-state index is 13.0. The van der Waals surface area contributed by atoms with Crippen LogP contribution in [0.3, 0.4) is 0 Å². The SMILES string of the molecule is COc1ccc(N2C(=O)NC(=O)C(=Cc3cc(OC)c(O)c(OC)c3)C2=O)cc1Cl. The molecule has 4 amide bonds. The summed E-state index contributed by atoms with van der Waals surface area (Å²) in [7, 11) is 4.12. The summed E-state index contributed by atoms with van der Waals surface area (Å²) in [5.41, 5.74) is 0.181. The fraction of sp³-hybridized carbons (Fsp3) is 0.150. The molecule has 0 atom stereocenters. The number of anilines is 1. The lowest BCUT2D eigenvalue weighted by Crippen LogP contribution is -2.54. The van der Waals surface area contributed by atoms with Crippen molar-refractivity contribution in [3.63, 3.8) is 0 Å². The van der Waals surface area contributed by atoms with Gasteiger partial charge in [-0.05, 0) is 42.0 Å². The number of benzene rings is 2. The van der Waals surface area contributed by atoms with Gasteiger partial charge in [0.15, 0.2) is 11.5 Å². The Balaban J connectivity index is 2.06. The van der Waals surface area contributed by atoms with Gasteiger partial charge in [-0.25, -0.2) is 9.69 Å². The summed E-state index contributed by atoms with van der Waals surface area (Å²) in [6, 6.07) is 6.24. The zero-order chi connectivity index (χ0) is 22.0. The van der Waals surface area contributed by atoms with Gasteiger partial charge < -0.3 is 19.3 Å². The van der Waals surface area contributed by atoms with Crippen LogP contribution in [-0.4, -0.2) is 44.3 Å². The van der Waals surface area contributed by atoms with Crippen molar-refractivity contribution in [3.8, 4) is 23.0 Å². The highest BCUT2D eigenvalue weighted by atomic mass is 35.5. The van der Waals surface area contributed by atoms with Crippen molar-refractivity contribution in [1.82, 2.24) is 5.32 Å². The van der Waals surface area contributed by atoms with E-state index in [4.69, 9.17) is 25.8 Å². The molecule has 156 valence electrons. The summed E-state index contributed by atoms with van der Waals surface area (Å²) < 4.78 is 15.2. The molecule has 3 rings (SSSR count). The Hall–Kier alpha value is -3.72. The van der Waals surface area contributed by atoms with Crippen LogP contribution in [0.25, 0.3) is 6.08 Å². The number of aromatic hydroxyl groups is 1. The molecular weight excluding hydrogens is 416 g/mol. The first-order chi connectivity index (χ1) is 14.3. The number of urea groups is 1. The van der Waals surface area contributed by atoms with Crippen molar-refractivity contribution in [1.29, 1.82) is 0 Å². The van der Waals surface area contributed by atoms with Crippen molar-refractivity contribution in [2.45, 2.75) is 0 Å². The van der Waals surface area contributed by atoms with E-state index in [9.17, 15) is 19.5 Å². The zero-order valence-corrected chi connectivity index (χ0v) is 16.9. The number of carbonyl (C=O) groups excluding carboxylic acids is 3. The molecule has 10 heteroatoms. The first-order valence-electron chi connectivity index (χ1n) is 8.50. The number of halogens is 1. The van der Waals surface area contributed by atoms with E-state index in [2.05, 4.69) is 5.32 Å². The maximum Gasteiger partial charge on any atom is 0.335 e. The second-order valence-corrected chi connectivity index (χ2v) is 6.46. The molecule has 2 aromatic carbocycles. The second kappa shape index (κ2) is 8.34. The number of phenols is 1. The lowest BCUT2D eigenvalue weighted by molar-refractivity contribution is -0.122. The molecule has 0 saturated carbocycles. The Bertz CT molecular complexity index is 1060. The molecule has 0 bridgehead atoms. The van der Waals surface area contributed by atoms with Crippen LogP contribution in [0.4, 0.5) is 10.5 Å². The minimum Gasteiger partial charge on any atom is -0.502 e. The third-order valence-electron chi connectivity index (χ3n) is 4.31. The minimum atomic E-state index is -0.913. The predicted octanol–water partition coefficient (Wildman–Crippen LogP) is 2.74. The average molecular weight is 433 g/mol. The number of phenolic OH excluding ortho intramolecular Hbond substituents is 1. The third-order valence-corrected chi connectivity index (χ3v) is 4.60. The van der Waals surface area contributed by atoms with Crippen LogP contribution < -0.4 is 24.4 Å². The van der Waals surface area contributed by atoms with Gasteiger partial charge in [0.05, 0.1) is 32.0 Å². The van der Waals surface area contributed by atoms with Crippen LogP contribution in [0.1, 0.15) is 5.56 Å². The van der Waals surface area contributed by atoms with Gasteiger partial charge in [0, 0.05) is 0 Å². The number of nitrogens with one attached hydrogen (secondary N) is 1. The first-order valence-corrected chi connectivity index (χ1v) is 8.88. The third kappa shape index (κ3) is 3.74. The molecule has 0 spiro atoms. The number of hydrogen-bond acceptors (Lipinski definition) is 7. The van der Waals surface area contributed by atoms with E-state index in [0.717, 1.165) is 4.90 Å². The van der Waals surface area contributed by atoms with Crippen molar-refractivity contribution < 1.29 is 33.7 Å². The average Bonchev–Trinajstić information content (AvgIpc) is 2.72. The molecular formula is C20H17ClN2O7. The molecule has 1 heterocycles. The van der Waals surface area contributed by atoms with Crippen molar-refractivity contribution in [2.75, 3.05) is 26.2 Å². The van der Waals surface area contributed by atoms with Crippen molar-refractivity contribution in [2.24, 2.45) is 0 Å². The summed E-state index contributed by atoms with van der Waals surface area (Å²) in [6.07, 6.45) is 1.26. The van der Waals surface area contributed by atoms with E-state index in [-0.39, 0.29) is 33.5 Å². The summed E-state index contributed by atoms with van der Waals surface area (Å²) in [4.78, 5) is 38.4. The minimum absolute atomic E-state index is 0.0831. The number of amides is 4. The molecule has 1 saturated heterocycles. The summed E-state index contributed by atoms with van der Waals surface area (Å²) >= 11 is 6.09. The highest BCUT2D eigenvalue weighted by Crippen LogP contribution is 2.38. The Morgan fingerprint density at radius 2 is 1.57 bits per heavy atom. The number of hydrogen-bond donors (Lipinski definition) is 2. The summed E-state index contributed by atoms with van der Waals surface area (Å²) in [5, 5.41) is 12.3. The van der Waals surface area contributed by atoms with E-state index in [1.807, 2.05) is 0 Å². The molecule has 9 nitrogen and oxygen atoms in total. The molecule has 0 aliphatic carbocycles. The standard InChI is InChI=1S/C20H17ClN2O7/c1-28-14-5-4-11(9-13(14)21)23-19(26)12(18(25)22-20(23)27)6-10-7-15(29-2)17(24)16(8-10)30-3/h4-9,24H,1-3H3,(H,22,25,27). The monoisotopic (exact) mass is 432 g/mol. The fourth-order valence-electron chi connectivity index (χ4n) is 2.85. The van der Waals surface area contributed by atoms with Crippen molar-refractivity contribution in [3.05, 3.63) is 46.5 Å². The molecule has 30 heavy (non-hydrogen) atoms. The predicted molar refractivity (Wildman–Crippen MR) is 108 cm³/mol. The van der Waals surface area contributed by atoms with Gasteiger partial charge in [-0.2, -0.15) is 0 Å². The molecule has 0 radical (unpaired) electrons. The smallest absolute Gasteiger partial charge is 0.335 e. The first kappa shape index (κ1) is 21.0. The molecule has 0 unspecified atom stereocenters. The maximum atomic E-state index is 13.0. The van der Waals surface area contributed by atoms with Crippen LogP contribution >= 0.6 is 11.6 Å². The van der Waals surface area contributed by atoms with Crippen LogP contribution in [0.5, 0.6) is 23.0 Å². The Kier molecular flexibility index (Phi) is 5.84. The molecule has 1 aliphatic heterocycles. The topological polar surface area (TPSA) is 114 Å². The van der Waals surface area contributed by atoms with Gasteiger partial charge in [0.2, 0.25) is 5.75 Å². The van der Waals surface area contributed by atoms with Crippen LogP contribution in [-0.2, 0) is 9.59 Å². The fourth-order valence-corrected chi connectivity index (χ4v) is 3.10. The highest BCUT2D eigenvalue weighted by Gasteiger charge is 2.37. The van der Waals surface area contributed by atoms with Gasteiger partial charge in [0.1, 0.15) is 11.3 Å². The molecule has 2 aromatic rings. The number of rotatable bonds is 5. The largest absolute Gasteiger partial charge is 0.502 e. The van der Waals surface area contributed by atoms with E-state index in [1.54, 1.807) is 0 Å².